The van der Waals surface area contributed by atoms with Crippen molar-refractivity contribution in [3.63, 3.8) is 0 Å². The molecule has 1 fully saturated rings. The van der Waals surface area contributed by atoms with Gasteiger partial charge in [0.2, 0.25) is 0 Å². The van der Waals surface area contributed by atoms with Gasteiger partial charge in [-0.05, 0) is 18.6 Å². The minimum Gasteiger partial charge on any atom is -0.495 e. The number of carbonyl (C=O) groups is 1. The number of aromatic nitrogens is 1. The molecule has 0 atom stereocenters. The maximum absolute atomic E-state index is 12.5. The van der Waals surface area contributed by atoms with Crippen molar-refractivity contribution in [3.8, 4) is 5.75 Å². The van der Waals surface area contributed by atoms with E-state index in [2.05, 4.69) is 15.2 Å². The molecule has 134 valence electrons. The minimum absolute atomic E-state index is 0.260. The Labute approximate surface area is 155 Å². The van der Waals surface area contributed by atoms with E-state index in [0.29, 0.717) is 22.2 Å². The van der Waals surface area contributed by atoms with Crippen LogP contribution in [0.2, 0.25) is 5.02 Å². The van der Waals surface area contributed by atoms with Gasteiger partial charge in [0, 0.05) is 29.6 Å². The number of thiazole rings is 1. The number of halogens is 1. The highest BCUT2D eigenvalue weighted by Gasteiger charge is 2.17. The van der Waals surface area contributed by atoms with Gasteiger partial charge in [-0.15, -0.1) is 11.3 Å². The maximum Gasteiger partial charge on any atom is 0.275 e. The lowest BCUT2D eigenvalue weighted by Gasteiger charge is -2.25. The largest absolute Gasteiger partial charge is 0.495 e. The summed E-state index contributed by atoms with van der Waals surface area (Å²) < 4.78 is 10.6. The van der Waals surface area contributed by atoms with Crippen molar-refractivity contribution in [3.05, 3.63) is 38.8 Å². The van der Waals surface area contributed by atoms with Gasteiger partial charge in [0.15, 0.2) is 0 Å². The van der Waals surface area contributed by atoms with Crippen molar-refractivity contribution < 1.29 is 14.3 Å². The number of amides is 1. The molecule has 1 amide bonds. The highest BCUT2D eigenvalue weighted by molar-refractivity contribution is 7.09. The first-order valence-corrected chi connectivity index (χ1v) is 9.22. The highest BCUT2D eigenvalue weighted by Crippen LogP contribution is 2.31. The van der Waals surface area contributed by atoms with Gasteiger partial charge < -0.3 is 14.8 Å². The predicted molar refractivity (Wildman–Crippen MR) is 98.9 cm³/mol. The monoisotopic (exact) mass is 381 g/mol. The SMILES string of the molecule is COc1cc(Cl)c(C)cc1NC(=O)c1csc(CN2CCOCC2)n1. The van der Waals surface area contributed by atoms with E-state index in [1.165, 1.54) is 11.3 Å². The third kappa shape index (κ3) is 4.49. The van der Waals surface area contributed by atoms with Gasteiger partial charge in [-0.3, -0.25) is 9.69 Å². The van der Waals surface area contributed by atoms with Crippen LogP contribution < -0.4 is 10.1 Å². The molecule has 1 aliphatic heterocycles. The van der Waals surface area contributed by atoms with Crippen molar-refractivity contribution in [2.75, 3.05) is 38.7 Å². The third-order valence-electron chi connectivity index (χ3n) is 3.98. The Kier molecular flexibility index (Phi) is 5.90. The first kappa shape index (κ1) is 18.1. The number of rotatable bonds is 5. The highest BCUT2D eigenvalue weighted by atomic mass is 35.5. The topological polar surface area (TPSA) is 63.7 Å². The summed E-state index contributed by atoms with van der Waals surface area (Å²) in [6.45, 7) is 5.89. The summed E-state index contributed by atoms with van der Waals surface area (Å²) in [4.78, 5) is 19.2. The van der Waals surface area contributed by atoms with Gasteiger partial charge in [0.1, 0.15) is 16.5 Å². The molecule has 0 radical (unpaired) electrons. The number of ether oxygens (including phenoxy) is 2. The Balaban J connectivity index is 1.68. The Morgan fingerprint density at radius 3 is 2.92 bits per heavy atom. The van der Waals surface area contributed by atoms with Gasteiger partial charge in [0.05, 0.1) is 32.6 Å². The van der Waals surface area contributed by atoms with E-state index in [1.54, 1.807) is 24.6 Å². The zero-order chi connectivity index (χ0) is 17.8. The van der Waals surface area contributed by atoms with E-state index >= 15 is 0 Å². The standard InChI is InChI=1S/C17H20ClN3O3S/c1-11-7-13(15(23-2)8-12(11)18)20-17(22)14-10-25-16(19-14)9-21-3-5-24-6-4-21/h7-8,10H,3-6,9H2,1-2H3,(H,20,22). The molecule has 6 nitrogen and oxygen atoms in total. The van der Waals surface area contributed by atoms with E-state index in [-0.39, 0.29) is 5.91 Å². The Bertz CT molecular complexity index is 760. The summed E-state index contributed by atoms with van der Waals surface area (Å²) in [5.41, 5.74) is 1.85. The van der Waals surface area contributed by atoms with Gasteiger partial charge in [-0.2, -0.15) is 0 Å². The fourth-order valence-electron chi connectivity index (χ4n) is 2.55. The molecule has 0 spiro atoms. The molecule has 2 heterocycles. The molecule has 8 heteroatoms. The van der Waals surface area contributed by atoms with Crippen LogP contribution in [-0.2, 0) is 11.3 Å². The van der Waals surface area contributed by atoms with E-state index in [0.717, 1.165) is 43.4 Å². The Morgan fingerprint density at radius 1 is 1.44 bits per heavy atom. The Hall–Kier alpha value is -1.67. The van der Waals surface area contributed by atoms with Crippen molar-refractivity contribution in [2.45, 2.75) is 13.5 Å². The summed E-state index contributed by atoms with van der Waals surface area (Å²) in [7, 11) is 1.54. The molecule has 0 bridgehead atoms. The predicted octanol–water partition coefficient (Wildman–Crippen LogP) is 3.20. The molecule has 0 saturated carbocycles. The number of aryl methyl sites for hydroxylation is 1. The van der Waals surface area contributed by atoms with Crippen LogP contribution in [0.3, 0.4) is 0 Å². The number of carbonyl (C=O) groups excluding carboxylic acids is 1. The number of anilines is 1. The van der Waals surface area contributed by atoms with Crippen molar-refractivity contribution in [1.29, 1.82) is 0 Å². The lowest BCUT2D eigenvalue weighted by atomic mass is 10.2. The van der Waals surface area contributed by atoms with Crippen molar-refractivity contribution >= 4 is 34.5 Å². The van der Waals surface area contributed by atoms with E-state index in [4.69, 9.17) is 21.1 Å². The second-order valence-electron chi connectivity index (χ2n) is 5.77. The fourth-order valence-corrected chi connectivity index (χ4v) is 3.52. The molecule has 2 aromatic rings. The lowest BCUT2D eigenvalue weighted by molar-refractivity contribution is 0.0341. The third-order valence-corrected chi connectivity index (χ3v) is 5.22. The average Bonchev–Trinajstić information content (AvgIpc) is 3.07. The van der Waals surface area contributed by atoms with E-state index < -0.39 is 0 Å². The quantitative estimate of drug-likeness (QED) is 0.861. The number of hydrogen-bond acceptors (Lipinski definition) is 6. The zero-order valence-electron chi connectivity index (χ0n) is 14.2. The van der Waals surface area contributed by atoms with Crippen LogP contribution in [0.25, 0.3) is 0 Å². The number of hydrogen-bond donors (Lipinski definition) is 1. The molecule has 1 aromatic heterocycles. The summed E-state index contributed by atoms with van der Waals surface area (Å²) >= 11 is 7.59. The molecule has 1 N–H and O–H groups in total. The number of benzene rings is 1. The Morgan fingerprint density at radius 2 is 2.20 bits per heavy atom. The molecule has 0 aliphatic carbocycles. The minimum atomic E-state index is -0.260. The van der Waals surface area contributed by atoms with Crippen molar-refractivity contribution in [2.24, 2.45) is 0 Å². The number of nitrogens with one attached hydrogen (secondary N) is 1. The first-order valence-electron chi connectivity index (χ1n) is 7.97. The van der Waals surface area contributed by atoms with Crippen LogP contribution in [0, 0.1) is 6.92 Å². The number of methoxy groups -OCH3 is 1. The fraction of sp³-hybridized carbons (Fsp3) is 0.412. The molecule has 25 heavy (non-hydrogen) atoms. The van der Waals surface area contributed by atoms with Crippen LogP contribution in [0.5, 0.6) is 5.75 Å². The second-order valence-corrected chi connectivity index (χ2v) is 7.12. The van der Waals surface area contributed by atoms with E-state index in [9.17, 15) is 4.79 Å². The van der Waals surface area contributed by atoms with Crippen molar-refractivity contribution in [1.82, 2.24) is 9.88 Å². The molecular formula is C17H20ClN3O3S. The van der Waals surface area contributed by atoms with Gasteiger partial charge in [-0.25, -0.2) is 4.98 Å². The van der Waals surface area contributed by atoms with Crippen LogP contribution in [0.15, 0.2) is 17.5 Å². The van der Waals surface area contributed by atoms with Gasteiger partial charge in [0.25, 0.3) is 5.91 Å². The van der Waals surface area contributed by atoms with Crippen LogP contribution in [-0.4, -0.2) is 49.2 Å². The molecule has 1 saturated heterocycles. The molecule has 3 rings (SSSR count). The molecule has 1 aliphatic rings. The lowest BCUT2D eigenvalue weighted by Crippen LogP contribution is -2.35. The molecule has 0 unspecified atom stereocenters. The van der Waals surface area contributed by atoms with Crippen LogP contribution in [0.1, 0.15) is 21.1 Å². The molecule has 1 aromatic carbocycles. The van der Waals surface area contributed by atoms with Gasteiger partial charge >= 0.3 is 0 Å². The first-order chi connectivity index (χ1) is 12.1. The smallest absolute Gasteiger partial charge is 0.275 e. The normalized spacial score (nSPS) is 15.2. The number of morpholine rings is 1. The van der Waals surface area contributed by atoms with Gasteiger partial charge in [-0.1, -0.05) is 11.6 Å². The summed E-state index contributed by atoms with van der Waals surface area (Å²) in [5, 5.41) is 6.15. The molecular weight excluding hydrogens is 362 g/mol. The summed E-state index contributed by atoms with van der Waals surface area (Å²) in [6.07, 6.45) is 0. The summed E-state index contributed by atoms with van der Waals surface area (Å²) in [5.74, 6) is 0.261. The maximum atomic E-state index is 12.5. The zero-order valence-corrected chi connectivity index (χ0v) is 15.7. The van der Waals surface area contributed by atoms with Crippen LogP contribution >= 0.6 is 22.9 Å². The average molecular weight is 382 g/mol. The number of nitrogens with zero attached hydrogens (tertiary/aromatic N) is 2. The van der Waals surface area contributed by atoms with Crippen LogP contribution in [0.4, 0.5) is 5.69 Å². The van der Waals surface area contributed by atoms with E-state index in [1.807, 2.05) is 6.92 Å². The summed E-state index contributed by atoms with van der Waals surface area (Å²) in [6, 6.07) is 3.48. The second kappa shape index (κ2) is 8.14.